The fraction of sp³-hybridized carbons (Fsp3) is 0.647. The number of nitrogens with zero attached hydrogens (tertiary/aromatic N) is 1. The molecule has 3 rings (SSSR count). The van der Waals surface area contributed by atoms with Crippen molar-refractivity contribution in [2.75, 3.05) is 26.2 Å². The van der Waals surface area contributed by atoms with Gasteiger partial charge in [-0.05, 0) is 50.4 Å². The second-order valence-corrected chi connectivity index (χ2v) is 6.38. The van der Waals surface area contributed by atoms with Crippen LogP contribution in [-0.2, 0) is 4.74 Å². The number of hydrogen-bond acceptors (Lipinski definition) is 3. The molecule has 1 aromatic carbocycles. The Morgan fingerprint density at radius 3 is 3.14 bits per heavy atom. The quantitative estimate of drug-likeness (QED) is 0.923. The summed E-state index contributed by atoms with van der Waals surface area (Å²) in [6.07, 6.45) is 2.82. The molecule has 1 aromatic rings. The Kier molecular flexibility index (Phi) is 4.57. The number of ether oxygens (including phenoxy) is 1. The van der Waals surface area contributed by atoms with Gasteiger partial charge in [0.2, 0.25) is 0 Å². The van der Waals surface area contributed by atoms with E-state index in [4.69, 9.17) is 4.74 Å². The SMILES string of the molecule is Cc1ccc(C(C)NCC2CN3CCCC3CO2)cc1F. The average molecular weight is 292 g/mol. The summed E-state index contributed by atoms with van der Waals surface area (Å²) < 4.78 is 19.6. The zero-order chi connectivity index (χ0) is 14.8. The van der Waals surface area contributed by atoms with Gasteiger partial charge < -0.3 is 10.1 Å². The van der Waals surface area contributed by atoms with Crippen LogP contribution < -0.4 is 5.32 Å². The molecule has 2 aliphatic rings. The van der Waals surface area contributed by atoms with Gasteiger partial charge in [-0.3, -0.25) is 4.90 Å². The fourth-order valence-electron chi connectivity index (χ4n) is 3.31. The second kappa shape index (κ2) is 6.42. The second-order valence-electron chi connectivity index (χ2n) is 6.38. The summed E-state index contributed by atoms with van der Waals surface area (Å²) in [5, 5.41) is 3.48. The Balaban J connectivity index is 1.51. The molecule has 4 heteroatoms. The Bertz CT molecular complexity index is 494. The maximum atomic E-state index is 13.6. The zero-order valence-electron chi connectivity index (χ0n) is 12.9. The molecule has 0 spiro atoms. The smallest absolute Gasteiger partial charge is 0.126 e. The van der Waals surface area contributed by atoms with E-state index in [1.807, 2.05) is 12.1 Å². The molecule has 3 atom stereocenters. The normalized spacial score (nSPS) is 27.6. The first-order valence-corrected chi connectivity index (χ1v) is 7.98. The number of fused-ring (bicyclic) bond motifs is 1. The monoisotopic (exact) mass is 292 g/mol. The predicted octanol–water partition coefficient (Wildman–Crippen LogP) is 2.65. The van der Waals surface area contributed by atoms with E-state index >= 15 is 0 Å². The van der Waals surface area contributed by atoms with Gasteiger partial charge in [-0.25, -0.2) is 4.39 Å². The van der Waals surface area contributed by atoms with Crippen LogP contribution >= 0.6 is 0 Å². The fourth-order valence-corrected chi connectivity index (χ4v) is 3.31. The minimum Gasteiger partial charge on any atom is -0.374 e. The molecular formula is C17H25FN2O. The van der Waals surface area contributed by atoms with E-state index in [0.717, 1.165) is 25.3 Å². The van der Waals surface area contributed by atoms with Crippen molar-refractivity contribution in [1.82, 2.24) is 10.2 Å². The molecule has 21 heavy (non-hydrogen) atoms. The van der Waals surface area contributed by atoms with E-state index in [0.29, 0.717) is 11.6 Å². The van der Waals surface area contributed by atoms with E-state index in [1.54, 1.807) is 13.0 Å². The van der Waals surface area contributed by atoms with Crippen molar-refractivity contribution in [3.63, 3.8) is 0 Å². The van der Waals surface area contributed by atoms with Gasteiger partial charge in [-0.15, -0.1) is 0 Å². The molecular weight excluding hydrogens is 267 g/mol. The Morgan fingerprint density at radius 2 is 2.33 bits per heavy atom. The van der Waals surface area contributed by atoms with Crippen molar-refractivity contribution < 1.29 is 9.13 Å². The molecule has 0 radical (unpaired) electrons. The van der Waals surface area contributed by atoms with Crippen LogP contribution in [0.2, 0.25) is 0 Å². The number of morpholine rings is 1. The molecule has 2 aliphatic heterocycles. The summed E-state index contributed by atoms with van der Waals surface area (Å²) >= 11 is 0. The van der Waals surface area contributed by atoms with Crippen molar-refractivity contribution in [1.29, 1.82) is 0 Å². The summed E-state index contributed by atoms with van der Waals surface area (Å²) in [5.74, 6) is -0.130. The van der Waals surface area contributed by atoms with Gasteiger partial charge in [-0.2, -0.15) is 0 Å². The minimum absolute atomic E-state index is 0.130. The topological polar surface area (TPSA) is 24.5 Å². The number of rotatable bonds is 4. The highest BCUT2D eigenvalue weighted by Gasteiger charge is 2.32. The number of aryl methyl sites for hydroxylation is 1. The maximum absolute atomic E-state index is 13.6. The molecule has 0 aliphatic carbocycles. The molecule has 2 heterocycles. The molecule has 2 fully saturated rings. The summed E-state index contributed by atoms with van der Waals surface area (Å²) in [4.78, 5) is 2.55. The maximum Gasteiger partial charge on any atom is 0.126 e. The van der Waals surface area contributed by atoms with Crippen LogP contribution in [0.3, 0.4) is 0 Å². The molecule has 1 N–H and O–H groups in total. The summed E-state index contributed by atoms with van der Waals surface area (Å²) in [6.45, 7) is 7.78. The van der Waals surface area contributed by atoms with Gasteiger partial charge >= 0.3 is 0 Å². The Labute approximate surface area is 126 Å². The average Bonchev–Trinajstić information content (AvgIpc) is 2.95. The van der Waals surface area contributed by atoms with E-state index in [2.05, 4.69) is 17.1 Å². The van der Waals surface area contributed by atoms with Crippen molar-refractivity contribution >= 4 is 0 Å². The standard InChI is InChI=1S/C17H25FN2O/c1-12-5-6-14(8-17(12)18)13(2)19-9-16-10-20-7-3-4-15(20)11-21-16/h5-6,8,13,15-16,19H,3-4,7,9-11H2,1-2H3. The van der Waals surface area contributed by atoms with Crippen molar-refractivity contribution in [2.45, 2.75) is 44.9 Å². The number of nitrogens with one attached hydrogen (secondary N) is 1. The molecule has 0 aromatic heterocycles. The molecule has 0 amide bonds. The van der Waals surface area contributed by atoms with Crippen LogP contribution in [0.1, 0.15) is 36.9 Å². The van der Waals surface area contributed by atoms with E-state index < -0.39 is 0 Å². The van der Waals surface area contributed by atoms with Gasteiger partial charge in [0.25, 0.3) is 0 Å². The lowest BCUT2D eigenvalue weighted by Gasteiger charge is -2.35. The lowest BCUT2D eigenvalue weighted by Crippen LogP contribution is -2.49. The van der Waals surface area contributed by atoms with Gasteiger partial charge in [0.15, 0.2) is 0 Å². The van der Waals surface area contributed by atoms with E-state index in [1.165, 1.54) is 19.4 Å². The summed E-state index contributed by atoms with van der Waals surface area (Å²) in [5.41, 5.74) is 1.69. The number of halogens is 1. The van der Waals surface area contributed by atoms with Crippen molar-refractivity contribution in [3.8, 4) is 0 Å². The molecule has 0 saturated carbocycles. The number of benzene rings is 1. The van der Waals surface area contributed by atoms with Gasteiger partial charge in [0.1, 0.15) is 5.82 Å². The largest absolute Gasteiger partial charge is 0.374 e. The van der Waals surface area contributed by atoms with Gasteiger partial charge in [-0.1, -0.05) is 12.1 Å². The Hall–Kier alpha value is -0.970. The molecule has 3 unspecified atom stereocenters. The van der Waals surface area contributed by atoms with Crippen LogP contribution in [0.4, 0.5) is 4.39 Å². The molecule has 2 saturated heterocycles. The molecule has 3 nitrogen and oxygen atoms in total. The first kappa shape index (κ1) is 14.9. The zero-order valence-corrected chi connectivity index (χ0v) is 12.9. The summed E-state index contributed by atoms with van der Waals surface area (Å²) in [6, 6.07) is 6.25. The van der Waals surface area contributed by atoms with Crippen LogP contribution in [0, 0.1) is 12.7 Å². The van der Waals surface area contributed by atoms with E-state index in [9.17, 15) is 4.39 Å². The highest BCUT2D eigenvalue weighted by Crippen LogP contribution is 2.23. The third-order valence-electron chi connectivity index (χ3n) is 4.81. The third-order valence-corrected chi connectivity index (χ3v) is 4.81. The first-order chi connectivity index (χ1) is 10.1. The van der Waals surface area contributed by atoms with Crippen molar-refractivity contribution in [3.05, 3.63) is 35.1 Å². The summed E-state index contributed by atoms with van der Waals surface area (Å²) in [7, 11) is 0. The molecule has 116 valence electrons. The molecule has 0 bridgehead atoms. The van der Waals surface area contributed by atoms with Gasteiger partial charge in [0.05, 0.1) is 12.7 Å². The van der Waals surface area contributed by atoms with Crippen molar-refractivity contribution in [2.24, 2.45) is 0 Å². The lowest BCUT2D eigenvalue weighted by molar-refractivity contribution is -0.0477. The highest BCUT2D eigenvalue weighted by molar-refractivity contribution is 5.25. The van der Waals surface area contributed by atoms with Crippen LogP contribution in [-0.4, -0.2) is 43.3 Å². The minimum atomic E-state index is -0.130. The van der Waals surface area contributed by atoms with Crippen LogP contribution in [0.15, 0.2) is 18.2 Å². The first-order valence-electron chi connectivity index (χ1n) is 7.98. The van der Waals surface area contributed by atoms with E-state index in [-0.39, 0.29) is 18.0 Å². The third kappa shape index (κ3) is 3.44. The van der Waals surface area contributed by atoms with Crippen LogP contribution in [0.5, 0.6) is 0 Å². The predicted molar refractivity (Wildman–Crippen MR) is 81.9 cm³/mol. The van der Waals surface area contributed by atoms with Gasteiger partial charge in [0, 0.05) is 25.2 Å². The highest BCUT2D eigenvalue weighted by atomic mass is 19.1. The lowest BCUT2D eigenvalue weighted by atomic mass is 10.1. The Morgan fingerprint density at radius 1 is 1.48 bits per heavy atom. The van der Waals surface area contributed by atoms with Crippen LogP contribution in [0.25, 0.3) is 0 Å². The number of hydrogen-bond donors (Lipinski definition) is 1.